The fourth-order valence-corrected chi connectivity index (χ4v) is 4.40. The van der Waals surface area contributed by atoms with Crippen molar-refractivity contribution in [2.75, 3.05) is 18.1 Å². The molecular weight excluding hydrogens is 260 g/mol. The SMILES string of the molecule is CSC1(CNc2snc3ccccc23)CCCC1. The molecule has 1 heterocycles. The normalized spacial score (nSPS) is 18.3. The summed E-state index contributed by atoms with van der Waals surface area (Å²) < 4.78 is 4.93. The molecule has 2 nitrogen and oxygen atoms in total. The van der Waals surface area contributed by atoms with Crippen LogP contribution in [0, 0.1) is 0 Å². The van der Waals surface area contributed by atoms with Gasteiger partial charge in [-0.2, -0.15) is 16.1 Å². The summed E-state index contributed by atoms with van der Waals surface area (Å²) in [7, 11) is 0. The maximum absolute atomic E-state index is 4.48. The van der Waals surface area contributed by atoms with Gasteiger partial charge in [0.25, 0.3) is 0 Å². The molecule has 0 amide bonds. The minimum atomic E-state index is 0.449. The molecule has 0 bridgehead atoms. The second kappa shape index (κ2) is 5.10. The van der Waals surface area contributed by atoms with Gasteiger partial charge < -0.3 is 5.32 Å². The van der Waals surface area contributed by atoms with E-state index in [1.165, 1.54) is 36.1 Å². The zero-order valence-electron chi connectivity index (χ0n) is 10.6. The third-order valence-electron chi connectivity index (χ3n) is 3.90. The van der Waals surface area contributed by atoms with E-state index in [1.54, 1.807) is 11.5 Å². The Balaban J connectivity index is 1.76. The van der Waals surface area contributed by atoms with Crippen LogP contribution in [-0.4, -0.2) is 21.9 Å². The van der Waals surface area contributed by atoms with Crippen molar-refractivity contribution in [1.29, 1.82) is 0 Å². The highest BCUT2D eigenvalue weighted by molar-refractivity contribution is 8.00. The molecular formula is C14H18N2S2. The van der Waals surface area contributed by atoms with Gasteiger partial charge in [-0.3, -0.25) is 0 Å². The van der Waals surface area contributed by atoms with Gasteiger partial charge >= 0.3 is 0 Å². The molecule has 1 aromatic carbocycles. The number of benzene rings is 1. The first kappa shape index (κ1) is 12.3. The molecule has 0 saturated heterocycles. The zero-order chi connectivity index (χ0) is 12.4. The summed E-state index contributed by atoms with van der Waals surface area (Å²) in [6.45, 7) is 1.07. The number of thioether (sulfide) groups is 1. The van der Waals surface area contributed by atoms with Crippen molar-refractivity contribution < 1.29 is 0 Å². The summed E-state index contributed by atoms with van der Waals surface area (Å²) in [5.74, 6) is 0. The van der Waals surface area contributed by atoms with Gasteiger partial charge in [0.15, 0.2) is 0 Å². The lowest BCUT2D eigenvalue weighted by atomic mass is 10.1. The highest BCUT2D eigenvalue weighted by Gasteiger charge is 2.32. The second-order valence-corrected chi connectivity index (χ2v) is 7.02. The molecule has 1 N–H and O–H groups in total. The van der Waals surface area contributed by atoms with Crippen molar-refractivity contribution >= 4 is 39.2 Å². The molecule has 0 unspecified atom stereocenters. The summed E-state index contributed by atoms with van der Waals surface area (Å²) in [4.78, 5) is 0. The Morgan fingerprint density at radius 2 is 2.11 bits per heavy atom. The number of nitrogens with zero attached hydrogens (tertiary/aromatic N) is 1. The molecule has 2 aromatic rings. The number of rotatable bonds is 4. The highest BCUT2D eigenvalue weighted by atomic mass is 32.2. The first-order chi connectivity index (χ1) is 8.83. The van der Waals surface area contributed by atoms with Gasteiger partial charge in [0.1, 0.15) is 5.00 Å². The van der Waals surface area contributed by atoms with Gasteiger partial charge in [0, 0.05) is 16.7 Å². The Morgan fingerprint density at radius 3 is 2.89 bits per heavy atom. The fraction of sp³-hybridized carbons (Fsp3) is 0.500. The number of anilines is 1. The highest BCUT2D eigenvalue weighted by Crippen LogP contribution is 2.41. The summed E-state index contributed by atoms with van der Waals surface area (Å²) in [5.41, 5.74) is 1.11. The Hall–Kier alpha value is -0.740. The van der Waals surface area contributed by atoms with Crippen LogP contribution in [-0.2, 0) is 0 Å². The predicted octanol–water partition coefficient (Wildman–Crippen LogP) is 4.38. The molecule has 96 valence electrons. The molecule has 1 fully saturated rings. The predicted molar refractivity (Wildman–Crippen MR) is 82.8 cm³/mol. The maximum atomic E-state index is 4.48. The Kier molecular flexibility index (Phi) is 3.48. The molecule has 1 aliphatic rings. The maximum Gasteiger partial charge on any atom is 0.117 e. The van der Waals surface area contributed by atoms with E-state index in [4.69, 9.17) is 0 Å². The Bertz CT molecular complexity index is 529. The summed E-state index contributed by atoms with van der Waals surface area (Å²) >= 11 is 3.61. The van der Waals surface area contributed by atoms with Gasteiger partial charge in [-0.1, -0.05) is 25.0 Å². The van der Waals surface area contributed by atoms with Gasteiger partial charge in [0.2, 0.25) is 0 Å². The first-order valence-corrected chi connectivity index (χ1v) is 8.46. The number of nitrogens with one attached hydrogen (secondary N) is 1. The zero-order valence-corrected chi connectivity index (χ0v) is 12.2. The minimum absolute atomic E-state index is 0.449. The van der Waals surface area contributed by atoms with E-state index in [-0.39, 0.29) is 0 Å². The van der Waals surface area contributed by atoms with Crippen molar-refractivity contribution in [3.63, 3.8) is 0 Å². The molecule has 0 spiro atoms. The van der Waals surface area contributed by atoms with E-state index in [0.29, 0.717) is 4.75 Å². The van der Waals surface area contributed by atoms with Crippen LogP contribution in [0.2, 0.25) is 0 Å². The molecule has 1 aliphatic carbocycles. The third-order valence-corrected chi connectivity index (χ3v) is 6.16. The van der Waals surface area contributed by atoms with E-state index in [9.17, 15) is 0 Å². The van der Waals surface area contributed by atoms with E-state index >= 15 is 0 Å². The van der Waals surface area contributed by atoms with Crippen LogP contribution in [0.15, 0.2) is 24.3 Å². The van der Waals surface area contributed by atoms with Crippen LogP contribution in [0.1, 0.15) is 25.7 Å². The minimum Gasteiger partial charge on any atom is -0.374 e. The van der Waals surface area contributed by atoms with Crippen molar-refractivity contribution in [2.24, 2.45) is 0 Å². The van der Waals surface area contributed by atoms with Gasteiger partial charge in [0.05, 0.1) is 5.52 Å². The lowest BCUT2D eigenvalue weighted by Gasteiger charge is -2.27. The van der Waals surface area contributed by atoms with Crippen LogP contribution >= 0.6 is 23.3 Å². The first-order valence-electron chi connectivity index (χ1n) is 6.46. The lowest BCUT2D eigenvalue weighted by molar-refractivity contribution is 0.641. The Morgan fingerprint density at radius 1 is 1.33 bits per heavy atom. The quantitative estimate of drug-likeness (QED) is 0.898. The lowest BCUT2D eigenvalue weighted by Crippen LogP contribution is -2.29. The average molecular weight is 278 g/mol. The molecule has 0 atom stereocenters. The monoisotopic (exact) mass is 278 g/mol. The number of hydrogen-bond acceptors (Lipinski definition) is 4. The fourth-order valence-electron chi connectivity index (χ4n) is 2.73. The molecule has 0 radical (unpaired) electrons. The molecule has 1 saturated carbocycles. The van der Waals surface area contributed by atoms with Crippen molar-refractivity contribution in [2.45, 2.75) is 30.4 Å². The van der Waals surface area contributed by atoms with Crippen LogP contribution in [0.3, 0.4) is 0 Å². The molecule has 18 heavy (non-hydrogen) atoms. The van der Waals surface area contributed by atoms with Crippen molar-refractivity contribution in [3.8, 4) is 0 Å². The standard InChI is InChI=1S/C14H18N2S2/c1-17-14(8-4-5-9-14)10-15-13-11-6-2-3-7-12(11)16-18-13/h2-3,6-7,15H,4-5,8-10H2,1H3. The number of fused-ring (bicyclic) bond motifs is 1. The summed E-state index contributed by atoms with van der Waals surface area (Å²) in [5, 5.41) is 6.13. The van der Waals surface area contributed by atoms with Crippen molar-refractivity contribution in [3.05, 3.63) is 24.3 Å². The van der Waals surface area contributed by atoms with Gasteiger partial charge in [-0.25, -0.2) is 0 Å². The van der Waals surface area contributed by atoms with Crippen LogP contribution in [0.25, 0.3) is 10.9 Å². The smallest absolute Gasteiger partial charge is 0.117 e. The topological polar surface area (TPSA) is 24.9 Å². The van der Waals surface area contributed by atoms with Gasteiger partial charge in [-0.15, -0.1) is 0 Å². The van der Waals surface area contributed by atoms with E-state index in [0.717, 1.165) is 12.1 Å². The molecule has 0 aliphatic heterocycles. The van der Waals surface area contributed by atoms with E-state index in [1.807, 2.05) is 17.8 Å². The summed E-state index contributed by atoms with van der Waals surface area (Å²) in [6.07, 6.45) is 7.70. The van der Waals surface area contributed by atoms with Crippen LogP contribution < -0.4 is 5.32 Å². The van der Waals surface area contributed by atoms with Crippen LogP contribution in [0.5, 0.6) is 0 Å². The molecule has 3 rings (SSSR count). The van der Waals surface area contributed by atoms with E-state index in [2.05, 4.69) is 34.1 Å². The molecule has 4 heteroatoms. The summed E-state index contributed by atoms with van der Waals surface area (Å²) in [6, 6.07) is 8.37. The van der Waals surface area contributed by atoms with Crippen LogP contribution in [0.4, 0.5) is 5.00 Å². The Labute approximate surface area is 116 Å². The van der Waals surface area contributed by atoms with Gasteiger partial charge in [-0.05, 0) is 42.8 Å². The van der Waals surface area contributed by atoms with E-state index < -0.39 is 0 Å². The average Bonchev–Trinajstić information content (AvgIpc) is 3.04. The second-order valence-electron chi connectivity index (χ2n) is 4.98. The number of hydrogen-bond donors (Lipinski definition) is 1. The molecule has 1 aromatic heterocycles. The third kappa shape index (κ3) is 2.24. The van der Waals surface area contributed by atoms with Crippen molar-refractivity contribution in [1.82, 2.24) is 4.37 Å². The number of aromatic nitrogens is 1. The largest absolute Gasteiger partial charge is 0.374 e.